The Hall–Kier alpha value is -3.75. The van der Waals surface area contributed by atoms with Gasteiger partial charge in [0.2, 0.25) is 0 Å². The topological polar surface area (TPSA) is 29.5 Å². The first-order valence-electron chi connectivity index (χ1n) is 13.2. The van der Waals surface area contributed by atoms with Crippen LogP contribution in [0.25, 0.3) is 16.7 Å². The van der Waals surface area contributed by atoms with E-state index >= 15 is 0 Å². The highest BCUT2D eigenvalue weighted by molar-refractivity contribution is 5.80. The number of hydrogen-bond acceptors (Lipinski definition) is 2. The van der Waals surface area contributed by atoms with E-state index in [1.165, 1.54) is 11.0 Å². The molecule has 0 spiro atoms. The smallest absolute Gasteiger partial charge is 0.417 e. The number of nitrogens with zero attached hydrogens (tertiary/aromatic N) is 1. The molecule has 6 rings (SSSR count). The molecule has 0 radical (unpaired) electrons. The Morgan fingerprint density at radius 3 is 1.93 bits per heavy atom. The Morgan fingerprint density at radius 1 is 0.800 bits per heavy atom. The molecule has 3 aromatic rings. The summed E-state index contributed by atoms with van der Waals surface area (Å²) in [4.78, 5) is 14.9. The van der Waals surface area contributed by atoms with E-state index in [-0.39, 0.29) is 24.5 Å². The molecule has 0 N–H and O–H groups in total. The van der Waals surface area contributed by atoms with Gasteiger partial charge in [0.1, 0.15) is 6.61 Å². The summed E-state index contributed by atoms with van der Waals surface area (Å²) in [7, 11) is 0. The van der Waals surface area contributed by atoms with Crippen molar-refractivity contribution in [1.82, 2.24) is 4.90 Å². The summed E-state index contributed by atoms with van der Waals surface area (Å²) in [6, 6.07) is 16.7. The molecule has 1 amide bonds. The molecule has 1 fully saturated rings. The fourth-order valence-electron chi connectivity index (χ4n) is 6.54. The molecule has 3 nitrogen and oxygen atoms in total. The van der Waals surface area contributed by atoms with Crippen LogP contribution in [0.2, 0.25) is 0 Å². The summed E-state index contributed by atoms with van der Waals surface area (Å²) in [5.74, 6) is -0.167. The molecule has 2 heterocycles. The maximum atomic E-state index is 13.8. The second-order valence-electron chi connectivity index (χ2n) is 10.5. The Labute approximate surface area is 227 Å². The van der Waals surface area contributed by atoms with Gasteiger partial charge in [-0.05, 0) is 65.6 Å². The second kappa shape index (κ2) is 9.71. The lowest BCUT2D eigenvalue weighted by atomic mass is 9.80. The minimum Gasteiger partial charge on any atom is -0.448 e. The molecule has 1 saturated heterocycles. The van der Waals surface area contributed by atoms with Crippen LogP contribution in [0.1, 0.15) is 59.4 Å². The van der Waals surface area contributed by atoms with Gasteiger partial charge in [0.05, 0.1) is 17.2 Å². The number of hydrogen-bond donors (Lipinski definition) is 0. The third-order valence-corrected chi connectivity index (χ3v) is 8.18. The Morgan fingerprint density at radius 2 is 1.38 bits per heavy atom. The predicted octanol–water partition coefficient (Wildman–Crippen LogP) is 8.68. The lowest BCUT2D eigenvalue weighted by molar-refractivity contribution is -0.143. The van der Waals surface area contributed by atoms with Crippen molar-refractivity contribution >= 4 is 11.7 Å². The zero-order valence-electron chi connectivity index (χ0n) is 21.2. The van der Waals surface area contributed by atoms with Gasteiger partial charge in [-0.3, -0.25) is 4.90 Å². The van der Waals surface area contributed by atoms with Crippen LogP contribution in [0, 0.1) is 0 Å². The van der Waals surface area contributed by atoms with Crippen molar-refractivity contribution in [3.63, 3.8) is 0 Å². The van der Waals surface area contributed by atoms with Gasteiger partial charge in [0, 0.05) is 17.5 Å². The first-order chi connectivity index (χ1) is 19.0. The van der Waals surface area contributed by atoms with Gasteiger partial charge in [-0.15, -0.1) is 0 Å². The van der Waals surface area contributed by atoms with E-state index in [4.69, 9.17) is 4.74 Å². The zero-order valence-corrected chi connectivity index (χ0v) is 21.2. The number of alkyl halides is 6. The monoisotopic (exact) mass is 557 g/mol. The van der Waals surface area contributed by atoms with Crippen LogP contribution in [0.15, 0.2) is 72.8 Å². The SMILES string of the molecule is O=C(OCC1c2ccccc2-c2ccccc21)N1C2C=C(c3c(C(F)(F)F)cccc3C(F)(F)F)CC1CCC2. The highest BCUT2D eigenvalue weighted by Crippen LogP contribution is 2.47. The first kappa shape index (κ1) is 26.5. The van der Waals surface area contributed by atoms with E-state index in [1.807, 2.05) is 48.5 Å². The van der Waals surface area contributed by atoms with Gasteiger partial charge in [0.15, 0.2) is 0 Å². The van der Waals surface area contributed by atoms with Gasteiger partial charge >= 0.3 is 18.4 Å². The second-order valence-corrected chi connectivity index (χ2v) is 10.5. The van der Waals surface area contributed by atoms with Gasteiger partial charge in [-0.25, -0.2) is 4.79 Å². The van der Waals surface area contributed by atoms with E-state index < -0.39 is 47.2 Å². The lowest BCUT2D eigenvalue weighted by Gasteiger charge is -2.44. The van der Waals surface area contributed by atoms with Gasteiger partial charge in [-0.1, -0.05) is 60.7 Å². The summed E-state index contributed by atoms with van der Waals surface area (Å²) in [6.07, 6.45) is -7.64. The third-order valence-electron chi connectivity index (χ3n) is 8.18. The van der Waals surface area contributed by atoms with Crippen LogP contribution >= 0.6 is 0 Å². The molecule has 0 aromatic heterocycles. The minimum absolute atomic E-state index is 0.0300. The Bertz CT molecular complexity index is 1410. The number of amides is 1. The van der Waals surface area contributed by atoms with E-state index in [0.717, 1.165) is 28.3 Å². The van der Waals surface area contributed by atoms with Gasteiger partial charge in [-0.2, -0.15) is 26.3 Å². The maximum Gasteiger partial charge on any atom is 0.417 e. The highest BCUT2D eigenvalue weighted by Gasteiger charge is 2.45. The number of fused-ring (bicyclic) bond motifs is 5. The van der Waals surface area contributed by atoms with Crippen LogP contribution in [-0.2, 0) is 17.1 Å². The summed E-state index contributed by atoms with van der Waals surface area (Å²) in [6.45, 7) is 0.0779. The molecule has 2 bridgehead atoms. The van der Waals surface area contributed by atoms with Crippen molar-refractivity contribution in [2.75, 3.05) is 6.61 Å². The third kappa shape index (κ3) is 4.55. The number of ether oxygens (including phenoxy) is 1. The Kier molecular flexibility index (Phi) is 6.43. The first-order valence-corrected chi connectivity index (χ1v) is 13.2. The molecule has 1 aliphatic carbocycles. The normalized spacial score (nSPS) is 20.6. The number of halogens is 6. The van der Waals surface area contributed by atoms with Crippen molar-refractivity contribution in [1.29, 1.82) is 0 Å². The van der Waals surface area contributed by atoms with E-state index in [9.17, 15) is 31.1 Å². The van der Waals surface area contributed by atoms with E-state index in [0.29, 0.717) is 31.4 Å². The molecule has 2 atom stereocenters. The summed E-state index contributed by atoms with van der Waals surface area (Å²) in [5, 5.41) is 0. The molecule has 2 aliphatic heterocycles. The number of benzene rings is 3. The van der Waals surface area contributed by atoms with Crippen molar-refractivity contribution in [3.8, 4) is 11.1 Å². The molecule has 3 aromatic carbocycles. The van der Waals surface area contributed by atoms with Crippen molar-refractivity contribution < 1.29 is 35.9 Å². The minimum atomic E-state index is -4.96. The van der Waals surface area contributed by atoms with E-state index in [2.05, 4.69) is 0 Å². The van der Waals surface area contributed by atoms with Crippen LogP contribution < -0.4 is 0 Å². The van der Waals surface area contributed by atoms with Crippen molar-refractivity contribution in [2.24, 2.45) is 0 Å². The maximum absolute atomic E-state index is 13.8. The van der Waals surface area contributed by atoms with Crippen LogP contribution in [0.3, 0.4) is 0 Å². The average Bonchev–Trinajstić information content (AvgIpc) is 3.23. The van der Waals surface area contributed by atoms with Crippen LogP contribution in [-0.4, -0.2) is 29.7 Å². The standard InChI is InChI=1S/C31H25F6NO2/c32-30(33,34)26-13-6-14-27(31(35,36)37)28(26)18-15-19-7-5-8-20(16-18)38(19)29(39)40-17-25-23-11-3-1-9-21(23)22-10-2-4-12-24(22)25/h1-4,6,9-15,19-20,25H,5,7-8,16-17H2. The number of piperidine rings is 1. The van der Waals surface area contributed by atoms with Crippen LogP contribution in [0.4, 0.5) is 31.1 Å². The molecule has 208 valence electrons. The number of carbonyl (C=O) groups is 1. The lowest BCUT2D eigenvalue weighted by Crippen LogP contribution is -2.52. The molecule has 3 aliphatic rings. The van der Waals surface area contributed by atoms with Crippen molar-refractivity contribution in [3.05, 3.63) is 101 Å². The zero-order chi connectivity index (χ0) is 28.2. The van der Waals surface area contributed by atoms with Crippen molar-refractivity contribution in [2.45, 2.75) is 56.0 Å². The van der Waals surface area contributed by atoms with Gasteiger partial charge < -0.3 is 4.74 Å². The quantitative estimate of drug-likeness (QED) is 0.302. The van der Waals surface area contributed by atoms with Gasteiger partial charge in [0.25, 0.3) is 0 Å². The number of rotatable bonds is 3. The largest absolute Gasteiger partial charge is 0.448 e. The molecule has 40 heavy (non-hydrogen) atoms. The molecular weight excluding hydrogens is 532 g/mol. The average molecular weight is 558 g/mol. The molecule has 2 unspecified atom stereocenters. The van der Waals surface area contributed by atoms with E-state index in [1.54, 1.807) is 0 Å². The number of carbonyl (C=O) groups excluding carboxylic acids is 1. The highest BCUT2D eigenvalue weighted by atomic mass is 19.4. The summed E-state index contributed by atoms with van der Waals surface area (Å²) < 4.78 is 88.9. The predicted molar refractivity (Wildman–Crippen MR) is 137 cm³/mol. The summed E-state index contributed by atoms with van der Waals surface area (Å²) >= 11 is 0. The molecule has 0 saturated carbocycles. The van der Waals surface area contributed by atoms with Crippen LogP contribution in [0.5, 0.6) is 0 Å². The fraction of sp³-hybridized carbons (Fsp3) is 0.323. The summed E-state index contributed by atoms with van der Waals surface area (Å²) in [5.41, 5.74) is 0.726. The Balaban J connectivity index is 1.29. The molecular formula is C31H25F6NO2. The fourth-order valence-corrected chi connectivity index (χ4v) is 6.54. The molecule has 9 heteroatoms.